The van der Waals surface area contributed by atoms with Crippen molar-refractivity contribution in [3.05, 3.63) is 40.5 Å². The van der Waals surface area contributed by atoms with Crippen LogP contribution in [0.3, 0.4) is 0 Å². The highest BCUT2D eigenvalue weighted by atomic mass is 14.8. The van der Waals surface area contributed by atoms with Crippen LogP contribution in [0.2, 0.25) is 0 Å². The number of rotatable bonds is 5. The Morgan fingerprint density at radius 1 is 1.19 bits per heavy atom. The molecule has 0 amide bonds. The third-order valence-corrected chi connectivity index (χ3v) is 2.95. The molecule has 16 heavy (non-hydrogen) atoms. The van der Waals surface area contributed by atoms with E-state index in [-0.39, 0.29) is 0 Å². The first-order chi connectivity index (χ1) is 7.69. The van der Waals surface area contributed by atoms with E-state index in [2.05, 4.69) is 57.3 Å². The Bertz CT molecular complexity index is 343. The van der Waals surface area contributed by atoms with E-state index in [4.69, 9.17) is 0 Å². The molecule has 0 atom stereocenters. The predicted molar refractivity (Wildman–Crippen MR) is 72.7 cm³/mol. The number of likely N-dealkylation sites (N-methyl/N-ethyl adjacent to an activating group) is 1. The van der Waals surface area contributed by atoms with Crippen molar-refractivity contribution in [1.29, 1.82) is 0 Å². The molecule has 0 aliphatic rings. The minimum absolute atomic E-state index is 1.00. The van der Waals surface area contributed by atoms with Gasteiger partial charge in [-0.15, -0.1) is 0 Å². The maximum atomic E-state index is 3.39. The Kier molecular flexibility index (Phi) is 5.27. The van der Waals surface area contributed by atoms with Crippen molar-refractivity contribution in [3.63, 3.8) is 0 Å². The maximum absolute atomic E-state index is 3.39. The first-order valence-corrected chi connectivity index (χ1v) is 6.15. The number of aryl methyl sites for hydroxylation is 2. The first-order valence-electron chi connectivity index (χ1n) is 6.15. The molecule has 0 heterocycles. The highest BCUT2D eigenvalue weighted by Crippen LogP contribution is 2.17. The van der Waals surface area contributed by atoms with E-state index in [9.17, 15) is 0 Å². The summed E-state index contributed by atoms with van der Waals surface area (Å²) in [5.41, 5.74) is 5.58. The number of hydrogen-bond donors (Lipinski definition) is 1. The second-order valence-electron chi connectivity index (χ2n) is 4.24. The molecular formula is C15H23N. The van der Waals surface area contributed by atoms with Crippen molar-refractivity contribution in [2.75, 3.05) is 13.1 Å². The lowest BCUT2D eigenvalue weighted by atomic mass is 9.99. The van der Waals surface area contributed by atoms with E-state index in [1.165, 1.54) is 22.3 Å². The normalized spacial score (nSPS) is 11.9. The minimum atomic E-state index is 1.00. The molecule has 0 bridgehead atoms. The molecule has 0 aliphatic heterocycles. The molecule has 1 nitrogen and oxygen atoms in total. The molecule has 0 unspecified atom stereocenters. The van der Waals surface area contributed by atoms with Crippen LogP contribution in [0.15, 0.2) is 23.8 Å². The Balaban J connectivity index is 2.94. The zero-order valence-electron chi connectivity index (χ0n) is 10.9. The zero-order chi connectivity index (χ0) is 12.0. The Labute approximate surface area is 99.6 Å². The Morgan fingerprint density at radius 3 is 2.31 bits per heavy atom. The second kappa shape index (κ2) is 6.49. The quantitative estimate of drug-likeness (QED) is 0.793. The van der Waals surface area contributed by atoms with Gasteiger partial charge in [-0.05, 0) is 43.5 Å². The van der Waals surface area contributed by atoms with Crippen molar-refractivity contribution >= 4 is 6.08 Å². The smallest absolute Gasteiger partial charge is 0.0167 e. The van der Waals surface area contributed by atoms with Gasteiger partial charge < -0.3 is 5.32 Å². The molecule has 1 rings (SSSR count). The monoisotopic (exact) mass is 217 g/mol. The molecule has 0 fully saturated rings. The first kappa shape index (κ1) is 13.0. The topological polar surface area (TPSA) is 12.0 Å². The van der Waals surface area contributed by atoms with Crippen LogP contribution >= 0.6 is 0 Å². The fraction of sp³-hybridized carbons (Fsp3) is 0.467. The highest BCUT2D eigenvalue weighted by molar-refractivity contribution is 5.60. The van der Waals surface area contributed by atoms with E-state index < -0.39 is 0 Å². The fourth-order valence-electron chi connectivity index (χ4n) is 1.82. The van der Waals surface area contributed by atoms with Gasteiger partial charge in [-0.25, -0.2) is 0 Å². The van der Waals surface area contributed by atoms with Crippen molar-refractivity contribution in [2.24, 2.45) is 0 Å². The average Bonchev–Trinajstić information content (AvgIpc) is 2.28. The fourth-order valence-corrected chi connectivity index (χ4v) is 1.82. The summed E-state index contributed by atoms with van der Waals surface area (Å²) < 4.78 is 0. The summed E-state index contributed by atoms with van der Waals surface area (Å²) in [6.45, 7) is 10.8. The van der Waals surface area contributed by atoms with E-state index in [0.717, 1.165) is 19.5 Å². The van der Waals surface area contributed by atoms with E-state index in [1.54, 1.807) is 0 Å². The molecule has 0 saturated heterocycles. The second-order valence-corrected chi connectivity index (χ2v) is 4.24. The van der Waals surface area contributed by atoms with Gasteiger partial charge in [0.1, 0.15) is 0 Å². The van der Waals surface area contributed by atoms with Crippen LogP contribution in [0.4, 0.5) is 0 Å². The molecule has 0 aliphatic carbocycles. The van der Waals surface area contributed by atoms with Crippen molar-refractivity contribution in [2.45, 2.75) is 34.1 Å². The summed E-state index contributed by atoms with van der Waals surface area (Å²) in [6, 6.07) is 6.48. The van der Waals surface area contributed by atoms with Gasteiger partial charge in [0.15, 0.2) is 0 Å². The summed E-state index contributed by atoms with van der Waals surface area (Å²) in [5, 5.41) is 3.39. The predicted octanol–water partition coefficient (Wildman–Crippen LogP) is 3.71. The van der Waals surface area contributed by atoms with Gasteiger partial charge in [-0.2, -0.15) is 0 Å². The van der Waals surface area contributed by atoms with E-state index >= 15 is 0 Å². The number of hydrogen-bond acceptors (Lipinski definition) is 1. The molecule has 1 N–H and O–H groups in total. The minimum Gasteiger partial charge on any atom is -0.313 e. The van der Waals surface area contributed by atoms with Crippen molar-refractivity contribution in [3.8, 4) is 0 Å². The van der Waals surface area contributed by atoms with Gasteiger partial charge in [0, 0.05) is 6.54 Å². The van der Waals surface area contributed by atoms with Gasteiger partial charge in [0.05, 0.1) is 0 Å². The van der Waals surface area contributed by atoms with Crippen molar-refractivity contribution in [1.82, 2.24) is 5.32 Å². The highest BCUT2D eigenvalue weighted by Gasteiger charge is 2.00. The largest absolute Gasteiger partial charge is 0.313 e. The lowest BCUT2D eigenvalue weighted by molar-refractivity contribution is 0.762. The molecule has 0 saturated carbocycles. The van der Waals surface area contributed by atoms with Crippen LogP contribution in [0, 0.1) is 13.8 Å². The van der Waals surface area contributed by atoms with Gasteiger partial charge in [0.2, 0.25) is 0 Å². The SMILES string of the molecule is CCNC/C(=C/c1c(C)cccc1C)CC. The molecule has 1 aromatic rings. The summed E-state index contributed by atoms with van der Waals surface area (Å²) in [6.07, 6.45) is 3.45. The van der Waals surface area contributed by atoms with E-state index in [1.807, 2.05) is 0 Å². The molecule has 88 valence electrons. The van der Waals surface area contributed by atoms with Crippen LogP contribution in [0.25, 0.3) is 6.08 Å². The molecular weight excluding hydrogens is 194 g/mol. The van der Waals surface area contributed by atoms with Crippen LogP contribution in [0.5, 0.6) is 0 Å². The van der Waals surface area contributed by atoms with Gasteiger partial charge in [0.25, 0.3) is 0 Å². The summed E-state index contributed by atoms with van der Waals surface area (Å²) in [7, 11) is 0. The molecule has 1 heteroatoms. The zero-order valence-corrected chi connectivity index (χ0v) is 10.9. The molecule has 0 radical (unpaired) electrons. The number of nitrogens with one attached hydrogen (secondary N) is 1. The third kappa shape index (κ3) is 3.49. The Morgan fingerprint density at radius 2 is 1.81 bits per heavy atom. The van der Waals surface area contributed by atoms with Crippen LogP contribution in [-0.4, -0.2) is 13.1 Å². The van der Waals surface area contributed by atoms with Gasteiger partial charge >= 0.3 is 0 Å². The van der Waals surface area contributed by atoms with Crippen molar-refractivity contribution < 1.29 is 0 Å². The molecule has 0 spiro atoms. The van der Waals surface area contributed by atoms with E-state index in [0.29, 0.717) is 0 Å². The summed E-state index contributed by atoms with van der Waals surface area (Å²) >= 11 is 0. The summed E-state index contributed by atoms with van der Waals surface area (Å²) in [4.78, 5) is 0. The van der Waals surface area contributed by atoms with Crippen LogP contribution in [0.1, 0.15) is 37.0 Å². The lowest BCUT2D eigenvalue weighted by Crippen LogP contribution is -2.15. The standard InChI is InChI=1S/C15H23N/c1-5-14(11-16-6-2)10-15-12(3)8-7-9-13(15)4/h7-10,16H,5-6,11H2,1-4H3/b14-10+. The maximum Gasteiger partial charge on any atom is 0.0167 e. The molecule has 1 aromatic carbocycles. The van der Waals surface area contributed by atoms with Gasteiger partial charge in [-0.1, -0.05) is 43.7 Å². The number of benzene rings is 1. The lowest BCUT2D eigenvalue weighted by Gasteiger charge is -2.09. The van der Waals surface area contributed by atoms with Gasteiger partial charge in [-0.3, -0.25) is 0 Å². The van der Waals surface area contributed by atoms with Crippen LogP contribution in [-0.2, 0) is 0 Å². The van der Waals surface area contributed by atoms with Crippen LogP contribution < -0.4 is 5.32 Å². The summed E-state index contributed by atoms with van der Waals surface area (Å²) in [5.74, 6) is 0. The Hall–Kier alpha value is -1.08. The molecule has 0 aromatic heterocycles. The average molecular weight is 217 g/mol. The third-order valence-electron chi connectivity index (χ3n) is 2.95.